The van der Waals surface area contributed by atoms with Crippen molar-refractivity contribution in [2.75, 3.05) is 13.2 Å². The highest BCUT2D eigenvalue weighted by Gasteiger charge is 2.41. The van der Waals surface area contributed by atoms with Crippen LogP contribution in [0.1, 0.15) is 57.1 Å². The molecule has 0 radical (unpaired) electrons. The molecule has 35 heavy (non-hydrogen) atoms. The summed E-state index contributed by atoms with van der Waals surface area (Å²) in [5.41, 5.74) is 4.51. The van der Waals surface area contributed by atoms with E-state index >= 15 is 0 Å². The fourth-order valence-electron chi connectivity index (χ4n) is 5.44. The number of nitrogens with zero attached hydrogens (tertiary/aromatic N) is 1. The maximum absolute atomic E-state index is 13.5. The number of hydrogen-bond acceptors (Lipinski definition) is 4. The minimum absolute atomic E-state index is 0.0785. The Morgan fingerprint density at radius 1 is 1.09 bits per heavy atom. The highest BCUT2D eigenvalue weighted by Crippen LogP contribution is 2.44. The number of rotatable bonds is 7. The molecule has 2 unspecified atom stereocenters. The van der Waals surface area contributed by atoms with Gasteiger partial charge in [-0.1, -0.05) is 75.7 Å². The van der Waals surface area contributed by atoms with E-state index in [1.165, 1.54) is 4.90 Å². The zero-order valence-electron chi connectivity index (χ0n) is 20.6. The third kappa shape index (κ3) is 4.90. The second-order valence-electron chi connectivity index (χ2n) is 9.77. The molecule has 0 aromatic heterocycles. The lowest BCUT2D eigenvalue weighted by Crippen LogP contribution is -2.59. The van der Waals surface area contributed by atoms with Gasteiger partial charge in [-0.15, -0.1) is 0 Å². The number of piperidine rings is 1. The van der Waals surface area contributed by atoms with Crippen LogP contribution in [-0.4, -0.2) is 53.2 Å². The summed E-state index contributed by atoms with van der Waals surface area (Å²) in [7, 11) is 0. The monoisotopic (exact) mass is 478 g/mol. The Labute approximate surface area is 206 Å². The molecule has 4 atom stereocenters. The highest BCUT2D eigenvalue weighted by atomic mass is 16.5. The molecule has 1 heterocycles. The van der Waals surface area contributed by atoms with Crippen molar-refractivity contribution in [3.8, 4) is 11.1 Å². The van der Waals surface area contributed by atoms with Crippen LogP contribution in [0.25, 0.3) is 11.1 Å². The van der Waals surface area contributed by atoms with Gasteiger partial charge in [0.05, 0.1) is 0 Å². The average Bonchev–Trinajstić information content (AvgIpc) is 3.18. The van der Waals surface area contributed by atoms with E-state index in [9.17, 15) is 19.5 Å². The maximum Gasteiger partial charge on any atom is 0.407 e. The fraction of sp³-hybridized carbons (Fsp3) is 0.464. The van der Waals surface area contributed by atoms with Crippen LogP contribution in [0.5, 0.6) is 0 Å². The lowest BCUT2D eigenvalue weighted by Gasteiger charge is -2.40. The number of amides is 2. The van der Waals surface area contributed by atoms with Crippen molar-refractivity contribution in [1.29, 1.82) is 0 Å². The molecule has 7 nitrogen and oxygen atoms in total. The Morgan fingerprint density at radius 3 is 2.26 bits per heavy atom. The average molecular weight is 479 g/mol. The van der Waals surface area contributed by atoms with Crippen LogP contribution >= 0.6 is 0 Å². The number of fused-ring (bicyclic) bond motifs is 3. The van der Waals surface area contributed by atoms with Crippen molar-refractivity contribution in [2.45, 2.75) is 58.0 Å². The number of benzene rings is 2. The van der Waals surface area contributed by atoms with Crippen LogP contribution in [0.2, 0.25) is 0 Å². The van der Waals surface area contributed by atoms with E-state index in [2.05, 4.69) is 29.6 Å². The van der Waals surface area contributed by atoms with Crippen molar-refractivity contribution in [3.05, 3.63) is 59.7 Å². The number of carbonyl (C=O) groups is 3. The molecule has 2 aromatic carbocycles. The van der Waals surface area contributed by atoms with Crippen LogP contribution in [0.15, 0.2) is 48.5 Å². The predicted molar refractivity (Wildman–Crippen MR) is 133 cm³/mol. The highest BCUT2D eigenvalue weighted by molar-refractivity contribution is 5.90. The number of ether oxygens (including phenoxy) is 1. The van der Waals surface area contributed by atoms with Gasteiger partial charge in [0.1, 0.15) is 18.7 Å². The van der Waals surface area contributed by atoms with Gasteiger partial charge in [-0.3, -0.25) is 4.79 Å². The quantitative estimate of drug-likeness (QED) is 0.604. The van der Waals surface area contributed by atoms with Gasteiger partial charge in [0.15, 0.2) is 0 Å². The van der Waals surface area contributed by atoms with E-state index in [0.29, 0.717) is 13.0 Å². The summed E-state index contributed by atoms with van der Waals surface area (Å²) < 4.78 is 5.66. The van der Waals surface area contributed by atoms with E-state index in [4.69, 9.17) is 4.74 Å². The van der Waals surface area contributed by atoms with E-state index in [1.807, 2.05) is 45.0 Å². The molecule has 0 bridgehead atoms. The van der Waals surface area contributed by atoms with Crippen molar-refractivity contribution < 1.29 is 24.2 Å². The Kier molecular flexibility index (Phi) is 7.43. The molecule has 2 aliphatic rings. The van der Waals surface area contributed by atoms with E-state index in [-0.39, 0.29) is 30.3 Å². The number of carboxylic acids is 1. The molecular weight excluding hydrogens is 444 g/mol. The third-order valence-corrected chi connectivity index (χ3v) is 7.57. The number of nitrogens with one attached hydrogen (secondary N) is 1. The Bertz CT molecular complexity index is 1050. The molecule has 2 aromatic rings. The van der Waals surface area contributed by atoms with Crippen LogP contribution in [0.4, 0.5) is 4.79 Å². The first-order valence-electron chi connectivity index (χ1n) is 12.5. The summed E-state index contributed by atoms with van der Waals surface area (Å²) in [5, 5.41) is 12.5. The summed E-state index contributed by atoms with van der Waals surface area (Å²) >= 11 is 0. The van der Waals surface area contributed by atoms with Gasteiger partial charge >= 0.3 is 12.1 Å². The van der Waals surface area contributed by atoms with E-state index in [1.54, 1.807) is 0 Å². The van der Waals surface area contributed by atoms with Crippen molar-refractivity contribution in [3.63, 3.8) is 0 Å². The predicted octanol–water partition coefficient (Wildman–Crippen LogP) is 4.65. The number of hydrogen-bond donors (Lipinski definition) is 2. The number of carbonyl (C=O) groups excluding carboxylic acids is 2. The summed E-state index contributed by atoms with van der Waals surface area (Å²) in [6.45, 7) is 6.21. The number of carboxylic acid groups (broad SMARTS) is 1. The molecule has 1 saturated heterocycles. The summed E-state index contributed by atoms with van der Waals surface area (Å²) in [6, 6.07) is 14.5. The number of likely N-dealkylation sites (tertiary alicyclic amines) is 1. The lowest BCUT2D eigenvalue weighted by atomic mass is 9.89. The topological polar surface area (TPSA) is 95.9 Å². The second-order valence-corrected chi connectivity index (χ2v) is 9.77. The van der Waals surface area contributed by atoms with Crippen LogP contribution in [-0.2, 0) is 14.3 Å². The third-order valence-electron chi connectivity index (χ3n) is 7.57. The van der Waals surface area contributed by atoms with E-state index in [0.717, 1.165) is 35.1 Å². The largest absolute Gasteiger partial charge is 0.480 e. The van der Waals surface area contributed by atoms with Crippen molar-refractivity contribution in [1.82, 2.24) is 10.2 Å². The zero-order chi connectivity index (χ0) is 25.1. The summed E-state index contributed by atoms with van der Waals surface area (Å²) in [4.78, 5) is 39.7. The molecule has 186 valence electrons. The minimum Gasteiger partial charge on any atom is -0.480 e. The Hall–Kier alpha value is -3.35. The van der Waals surface area contributed by atoms with Gasteiger partial charge in [0, 0.05) is 12.5 Å². The summed E-state index contributed by atoms with van der Waals surface area (Å²) in [5.74, 6) is -1.75. The number of alkyl carbamates (subject to hydrolysis) is 1. The van der Waals surface area contributed by atoms with Crippen molar-refractivity contribution in [2.24, 2.45) is 11.8 Å². The molecule has 1 fully saturated rings. The van der Waals surface area contributed by atoms with Crippen LogP contribution in [0.3, 0.4) is 0 Å². The van der Waals surface area contributed by atoms with E-state index < -0.39 is 24.1 Å². The SMILES string of the molecule is CC[C@H](C)[C@H](NC(=O)OCC1c2ccccc2-c2ccccc21)C(=O)N1CCCC(C)C1C(=O)O. The zero-order valence-corrected chi connectivity index (χ0v) is 20.6. The normalized spacial score (nSPS) is 20.9. The van der Waals surface area contributed by atoms with Crippen LogP contribution < -0.4 is 5.32 Å². The molecule has 7 heteroatoms. The molecule has 2 N–H and O–H groups in total. The lowest BCUT2D eigenvalue weighted by molar-refractivity contribution is -0.156. The molecule has 0 spiro atoms. The Balaban J connectivity index is 1.47. The Morgan fingerprint density at radius 2 is 1.69 bits per heavy atom. The fourth-order valence-corrected chi connectivity index (χ4v) is 5.44. The summed E-state index contributed by atoms with van der Waals surface area (Å²) in [6.07, 6.45) is 1.49. The number of aliphatic carboxylic acids is 1. The molecule has 0 saturated carbocycles. The first-order valence-corrected chi connectivity index (χ1v) is 12.5. The van der Waals surface area contributed by atoms with Gasteiger partial charge < -0.3 is 20.1 Å². The smallest absolute Gasteiger partial charge is 0.407 e. The second kappa shape index (κ2) is 10.5. The molecular formula is C28H34N2O5. The first kappa shape index (κ1) is 24.8. The van der Waals surface area contributed by atoms with Gasteiger partial charge in [-0.2, -0.15) is 0 Å². The maximum atomic E-state index is 13.5. The standard InChI is InChI=1S/C28H34N2O5/c1-4-17(2)24(26(31)30-15-9-10-18(3)25(30)27(32)33)29-28(34)35-16-23-21-13-7-5-11-19(21)20-12-6-8-14-22(20)23/h5-8,11-14,17-18,23-25H,4,9-10,15-16H2,1-3H3,(H,29,34)(H,32,33)/t17-,18?,24-,25?/m0/s1. The first-order chi connectivity index (χ1) is 16.8. The molecule has 1 aliphatic heterocycles. The van der Waals surface area contributed by atoms with Gasteiger partial charge in [0.25, 0.3) is 0 Å². The van der Waals surface area contributed by atoms with Crippen molar-refractivity contribution >= 4 is 18.0 Å². The molecule has 1 aliphatic carbocycles. The van der Waals surface area contributed by atoms with Gasteiger partial charge in [-0.05, 0) is 46.9 Å². The molecule has 2 amide bonds. The van der Waals surface area contributed by atoms with Gasteiger partial charge in [-0.25, -0.2) is 9.59 Å². The minimum atomic E-state index is -1.01. The molecule has 4 rings (SSSR count). The van der Waals surface area contributed by atoms with Crippen LogP contribution in [0, 0.1) is 11.8 Å². The van der Waals surface area contributed by atoms with Gasteiger partial charge in [0.2, 0.25) is 5.91 Å².